The highest BCUT2D eigenvalue weighted by atomic mass is 32.2. The van der Waals surface area contributed by atoms with E-state index in [-0.39, 0.29) is 12.1 Å². The zero-order chi connectivity index (χ0) is 14.7. The molecule has 1 aromatic heterocycles. The average Bonchev–Trinajstić information content (AvgIpc) is 2.76. The molecule has 1 unspecified atom stereocenters. The van der Waals surface area contributed by atoms with Crippen LogP contribution < -0.4 is 10.6 Å². The monoisotopic (exact) mass is 316 g/mol. The summed E-state index contributed by atoms with van der Waals surface area (Å²) in [5, 5.41) is 10.8. The van der Waals surface area contributed by atoms with Crippen LogP contribution in [0.25, 0.3) is 0 Å². The molecule has 0 aliphatic carbocycles. The molecule has 3 N–H and O–H groups in total. The van der Waals surface area contributed by atoms with Crippen molar-refractivity contribution >= 4 is 39.8 Å². The Morgan fingerprint density at radius 3 is 3.00 bits per heavy atom. The molecule has 0 radical (unpaired) electrons. The number of thioether (sulfide) groups is 1. The third-order valence-corrected chi connectivity index (χ3v) is 5.43. The number of hydrogen-bond donors (Lipinski definition) is 2. The second-order valence-electron chi connectivity index (χ2n) is 4.65. The summed E-state index contributed by atoms with van der Waals surface area (Å²) in [6.45, 7) is 3.59. The Bertz CT molecular complexity index is 490. The number of ether oxygens (including phenoxy) is 1. The van der Waals surface area contributed by atoms with E-state index in [1.165, 1.54) is 23.1 Å². The lowest BCUT2D eigenvalue weighted by Gasteiger charge is -2.31. The number of aliphatic hydroxyl groups is 1. The van der Waals surface area contributed by atoms with Crippen molar-refractivity contribution in [3.05, 3.63) is 4.88 Å². The Morgan fingerprint density at radius 1 is 1.65 bits per heavy atom. The zero-order valence-corrected chi connectivity index (χ0v) is 13.4. The van der Waals surface area contributed by atoms with Crippen molar-refractivity contribution in [1.29, 1.82) is 0 Å². The highest BCUT2D eigenvalue weighted by Crippen LogP contribution is 2.44. The van der Waals surface area contributed by atoms with E-state index in [1.807, 2.05) is 6.26 Å². The van der Waals surface area contributed by atoms with Crippen LogP contribution in [0.1, 0.15) is 29.4 Å². The number of carbonyl (C=O) groups is 1. The highest BCUT2D eigenvalue weighted by molar-refractivity contribution is 7.99. The van der Waals surface area contributed by atoms with Gasteiger partial charge in [0, 0.05) is 13.1 Å². The van der Waals surface area contributed by atoms with E-state index < -0.39 is 0 Å². The lowest BCUT2D eigenvalue weighted by molar-refractivity contribution is 0.0533. The number of nitrogens with zero attached hydrogens (tertiary/aromatic N) is 1. The van der Waals surface area contributed by atoms with Crippen molar-refractivity contribution in [3.63, 3.8) is 0 Å². The van der Waals surface area contributed by atoms with Gasteiger partial charge in [0.15, 0.2) is 0 Å². The topological polar surface area (TPSA) is 75.8 Å². The molecule has 0 spiro atoms. The predicted molar refractivity (Wildman–Crippen MR) is 83.9 cm³/mol. The molecule has 0 amide bonds. The molecule has 1 saturated heterocycles. The molecule has 1 atom stereocenters. The van der Waals surface area contributed by atoms with E-state index in [2.05, 4.69) is 4.90 Å². The number of carbonyl (C=O) groups excluding carboxylic acids is 1. The Hall–Kier alpha value is -0.920. The fraction of sp³-hybridized carbons (Fsp3) is 0.615. The van der Waals surface area contributed by atoms with Gasteiger partial charge in [0.05, 0.1) is 23.3 Å². The van der Waals surface area contributed by atoms with Crippen molar-refractivity contribution in [2.24, 2.45) is 0 Å². The van der Waals surface area contributed by atoms with Crippen molar-refractivity contribution < 1.29 is 14.6 Å². The minimum atomic E-state index is -0.367. The van der Waals surface area contributed by atoms with Gasteiger partial charge in [-0.2, -0.15) is 0 Å². The Kier molecular flexibility index (Phi) is 5.17. The quantitative estimate of drug-likeness (QED) is 0.655. The van der Waals surface area contributed by atoms with E-state index in [1.54, 1.807) is 6.92 Å². The molecule has 5 nitrogen and oxygen atoms in total. The van der Waals surface area contributed by atoms with Gasteiger partial charge in [-0.05, 0) is 26.0 Å². The minimum absolute atomic E-state index is 0.312. The molecule has 1 aromatic rings. The molecule has 0 saturated carbocycles. The van der Waals surface area contributed by atoms with Crippen molar-refractivity contribution in [2.45, 2.75) is 30.8 Å². The molecule has 0 bridgehead atoms. The second-order valence-corrected chi connectivity index (χ2v) is 6.46. The third kappa shape index (κ3) is 3.05. The molecule has 2 rings (SSSR count). The van der Waals surface area contributed by atoms with E-state index in [9.17, 15) is 9.90 Å². The first-order chi connectivity index (χ1) is 9.58. The number of β-amino-alcohol motifs (C(OH)–C–C–N with tert-alkyl or cyclic N) is 1. The fourth-order valence-electron chi connectivity index (χ4n) is 2.31. The third-order valence-electron chi connectivity index (χ3n) is 3.23. The Morgan fingerprint density at radius 2 is 2.40 bits per heavy atom. The minimum Gasteiger partial charge on any atom is -0.462 e. The van der Waals surface area contributed by atoms with Gasteiger partial charge in [-0.1, -0.05) is 0 Å². The van der Waals surface area contributed by atoms with E-state index in [4.69, 9.17) is 10.5 Å². The largest absolute Gasteiger partial charge is 0.462 e. The molecule has 7 heteroatoms. The number of nitrogen functional groups attached to an aromatic ring is 1. The first-order valence-corrected chi connectivity index (χ1v) is 8.69. The summed E-state index contributed by atoms with van der Waals surface area (Å²) in [6, 6.07) is 0. The number of aliphatic hydroxyl groups excluding tert-OH is 1. The average molecular weight is 316 g/mol. The Labute approximate surface area is 127 Å². The van der Waals surface area contributed by atoms with Crippen LogP contribution in [0.5, 0.6) is 0 Å². The molecule has 1 aliphatic rings. The predicted octanol–water partition coefficient (Wildman–Crippen LogP) is 2.19. The summed E-state index contributed by atoms with van der Waals surface area (Å²) in [5.74, 6) is -0.367. The summed E-state index contributed by atoms with van der Waals surface area (Å²) in [7, 11) is 0. The SMILES string of the molecule is CCOC(=O)c1sc(N2CCCC(O)C2)c(SC)c1N. The second kappa shape index (κ2) is 6.69. The van der Waals surface area contributed by atoms with Gasteiger partial charge in [0.25, 0.3) is 0 Å². The number of nitrogens with two attached hydrogens (primary N) is 1. The van der Waals surface area contributed by atoms with Gasteiger partial charge in [-0.3, -0.25) is 0 Å². The number of anilines is 2. The van der Waals surface area contributed by atoms with Crippen molar-refractivity contribution in [3.8, 4) is 0 Å². The number of hydrogen-bond acceptors (Lipinski definition) is 7. The Balaban J connectivity index is 2.32. The fourth-order valence-corrected chi connectivity index (χ4v) is 4.42. The van der Waals surface area contributed by atoms with E-state index >= 15 is 0 Å². The van der Waals surface area contributed by atoms with Gasteiger partial charge in [-0.15, -0.1) is 23.1 Å². The van der Waals surface area contributed by atoms with Crippen LogP contribution in [-0.2, 0) is 4.74 Å². The van der Waals surface area contributed by atoms with E-state index in [0.717, 1.165) is 29.3 Å². The van der Waals surface area contributed by atoms with Crippen LogP contribution in [0.2, 0.25) is 0 Å². The molecule has 112 valence electrons. The molecular formula is C13H20N2O3S2. The van der Waals surface area contributed by atoms with Crippen molar-refractivity contribution in [1.82, 2.24) is 0 Å². The summed E-state index contributed by atoms with van der Waals surface area (Å²) in [4.78, 5) is 15.4. The van der Waals surface area contributed by atoms with Gasteiger partial charge in [-0.25, -0.2) is 4.79 Å². The zero-order valence-electron chi connectivity index (χ0n) is 11.7. The van der Waals surface area contributed by atoms with Crippen LogP contribution in [0, 0.1) is 0 Å². The molecule has 1 fully saturated rings. The summed E-state index contributed by atoms with van der Waals surface area (Å²) < 4.78 is 5.04. The van der Waals surface area contributed by atoms with Crippen LogP contribution in [0.15, 0.2) is 4.90 Å². The highest BCUT2D eigenvalue weighted by Gasteiger charge is 2.27. The van der Waals surface area contributed by atoms with Crippen LogP contribution >= 0.6 is 23.1 Å². The van der Waals surface area contributed by atoms with Crippen LogP contribution in [0.4, 0.5) is 10.7 Å². The first kappa shape index (κ1) is 15.5. The van der Waals surface area contributed by atoms with Gasteiger partial charge < -0.3 is 20.5 Å². The first-order valence-electron chi connectivity index (χ1n) is 6.64. The summed E-state index contributed by atoms with van der Waals surface area (Å²) >= 11 is 2.89. The molecule has 0 aromatic carbocycles. The van der Waals surface area contributed by atoms with Crippen LogP contribution in [0.3, 0.4) is 0 Å². The van der Waals surface area contributed by atoms with E-state index in [0.29, 0.717) is 23.7 Å². The number of esters is 1. The molecule has 20 heavy (non-hydrogen) atoms. The smallest absolute Gasteiger partial charge is 0.350 e. The molecule has 2 heterocycles. The normalized spacial score (nSPS) is 19.1. The van der Waals surface area contributed by atoms with Gasteiger partial charge >= 0.3 is 5.97 Å². The maximum Gasteiger partial charge on any atom is 0.350 e. The summed E-state index contributed by atoms with van der Waals surface area (Å²) in [5.41, 5.74) is 6.58. The van der Waals surface area contributed by atoms with Crippen molar-refractivity contribution in [2.75, 3.05) is 36.6 Å². The maximum absolute atomic E-state index is 11.9. The van der Waals surface area contributed by atoms with Gasteiger partial charge in [0.2, 0.25) is 0 Å². The lowest BCUT2D eigenvalue weighted by atomic mass is 10.1. The molecular weight excluding hydrogens is 296 g/mol. The lowest BCUT2D eigenvalue weighted by Crippen LogP contribution is -2.38. The van der Waals surface area contributed by atoms with Gasteiger partial charge in [0.1, 0.15) is 9.88 Å². The van der Waals surface area contributed by atoms with Crippen LogP contribution in [-0.4, -0.2) is 43.1 Å². The summed E-state index contributed by atoms with van der Waals surface area (Å²) in [6.07, 6.45) is 3.41. The standard InChI is InChI=1S/C13H20N2O3S2/c1-3-18-13(17)11-9(14)10(19-2)12(20-11)15-6-4-5-8(16)7-15/h8,16H,3-7,14H2,1-2H3. The molecule has 1 aliphatic heterocycles. The number of piperidine rings is 1. The number of rotatable bonds is 4. The number of thiophene rings is 1. The maximum atomic E-state index is 11.9.